The largest absolute Gasteiger partial charge is 0.482 e. The molecular formula is C13H12FN3O3S. The van der Waals surface area contributed by atoms with Gasteiger partial charge in [-0.1, -0.05) is 5.16 Å². The van der Waals surface area contributed by atoms with E-state index in [2.05, 4.69) is 10.1 Å². The number of amides is 1. The van der Waals surface area contributed by atoms with Gasteiger partial charge in [0.25, 0.3) is 5.91 Å². The number of aromatic nitrogens is 2. The van der Waals surface area contributed by atoms with Gasteiger partial charge in [0.2, 0.25) is 5.89 Å². The average Bonchev–Trinajstić information content (AvgIpc) is 2.90. The predicted octanol–water partition coefficient (Wildman–Crippen LogP) is 2.00. The summed E-state index contributed by atoms with van der Waals surface area (Å²) in [4.78, 5) is 17.6. The average molecular weight is 309 g/mol. The maximum Gasteiger partial charge on any atom is 0.265 e. The highest BCUT2D eigenvalue weighted by molar-refractivity contribution is 7.97. The molecule has 0 saturated heterocycles. The number of anilines is 1. The second-order valence-electron chi connectivity index (χ2n) is 4.42. The van der Waals surface area contributed by atoms with Gasteiger partial charge < -0.3 is 9.26 Å². The zero-order valence-corrected chi connectivity index (χ0v) is 12.0. The van der Waals surface area contributed by atoms with Crippen LogP contribution in [0.1, 0.15) is 11.7 Å². The van der Waals surface area contributed by atoms with Crippen molar-refractivity contribution < 1.29 is 18.4 Å². The highest BCUT2D eigenvalue weighted by Crippen LogP contribution is 2.33. The smallest absolute Gasteiger partial charge is 0.265 e. The van der Waals surface area contributed by atoms with Crippen molar-refractivity contribution >= 4 is 23.4 Å². The summed E-state index contributed by atoms with van der Waals surface area (Å²) in [6.45, 7) is 0.00443. The SMILES string of the molecule is CSCc1noc(CN2C(=O)COc3ccc(F)cc32)n1. The number of carbonyl (C=O) groups is 1. The molecule has 8 heteroatoms. The molecule has 3 rings (SSSR count). The maximum absolute atomic E-state index is 13.4. The first-order valence-electron chi connectivity index (χ1n) is 6.20. The number of ether oxygens (including phenoxy) is 1. The van der Waals surface area contributed by atoms with E-state index in [1.807, 2.05) is 6.26 Å². The first-order valence-corrected chi connectivity index (χ1v) is 7.60. The Kier molecular flexibility index (Phi) is 3.78. The van der Waals surface area contributed by atoms with Crippen LogP contribution in [0.15, 0.2) is 22.7 Å². The van der Waals surface area contributed by atoms with Crippen LogP contribution in [0.2, 0.25) is 0 Å². The molecular weight excluding hydrogens is 297 g/mol. The molecule has 2 heterocycles. The minimum absolute atomic E-state index is 0.0928. The number of thioether (sulfide) groups is 1. The minimum atomic E-state index is -0.439. The molecule has 0 fully saturated rings. The first kappa shape index (κ1) is 13.9. The predicted molar refractivity (Wildman–Crippen MR) is 74.6 cm³/mol. The highest BCUT2D eigenvalue weighted by Gasteiger charge is 2.27. The lowest BCUT2D eigenvalue weighted by Crippen LogP contribution is -2.38. The van der Waals surface area contributed by atoms with Crippen LogP contribution >= 0.6 is 11.8 Å². The monoisotopic (exact) mass is 309 g/mol. The molecule has 1 aromatic heterocycles. The van der Waals surface area contributed by atoms with Crippen molar-refractivity contribution in [3.8, 4) is 5.75 Å². The Hall–Kier alpha value is -2.09. The van der Waals surface area contributed by atoms with Crippen LogP contribution in [-0.2, 0) is 17.1 Å². The summed E-state index contributed by atoms with van der Waals surface area (Å²) in [5.74, 6) is 1.25. The second kappa shape index (κ2) is 5.72. The molecule has 21 heavy (non-hydrogen) atoms. The Balaban J connectivity index is 1.87. The fourth-order valence-electron chi connectivity index (χ4n) is 2.03. The molecule has 2 aromatic rings. The molecule has 0 spiro atoms. The standard InChI is InChI=1S/C13H12FN3O3S/c1-21-7-11-15-12(20-16-11)5-17-9-4-8(14)2-3-10(9)19-6-13(17)18/h2-4H,5-7H2,1H3. The molecule has 0 saturated carbocycles. The lowest BCUT2D eigenvalue weighted by molar-refractivity contribution is -0.121. The van der Waals surface area contributed by atoms with E-state index in [4.69, 9.17) is 9.26 Å². The van der Waals surface area contributed by atoms with Crippen molar-refractivity contribution in [3.63, 3.8) is 0 Å². The molecule has 0 atom stereocenters. The van der Waals surface area contributed by atoms with Gasteiger partial charge in [-0.05, 0) is 18.4 Å². The summed E-state index contributed by atoms with van der Waals surface area (Å²) in [5, 5.41) is 3.82. The normalized spacial score (nSPS) is 14.0. The lowest BCUT2D eigenvalue weighted by Gasteiger charge is -2.28. The first-order chi connectivity index (χ1) is 10.2. The van der Waals surface area contributed by atoms with Crippen LogP contribution in [0.25, 0.3) is 0 Å². The molecule has 1 aliphatic heterocycles. The minimum Gasteiger partial charge on any atom is -0.482 e. The lowest BCUT2D eigenvalue weighted by atomic mass is 10.2. The van der Waals surface area contributed by atoms with E-state index in [-0.39, 0.29) is 19.1 Å². The molecule has 0 unspecified atom stereocenters. The quantitative estimate of drug-likeness (QED) is 0.860. The molecule has 0 radical (unpaired) electrons. The number of halogens is 1. The van der Waals surface area contributed by atoms with Crippen LogP contribution in [-0.4, -0.2) is 28.9 Å². The third kappa shape index (κ3) is 2.85. The molecule has 6 nitrogen and oxygen atoms in total. The Bertz CT molecular complexity index is 676. The van der Waals surface area contributed by atoms with Crippen molar-refractivity contribution in [2.24, 2.45) is 0 Å². The van der Waals surface area contributed by atoms with Crippen LogP contribution in [0.5, 0.6) is 5.75 Å². The number of rotatable bonds is 4. The van der Waals surface area contributed by atoms with Crippen molar-refractivity contribution in [3.05, 3.63) is 35.7 Å². The molecule has 0 bridgehead atoms. The summed E-state index contributed by atoms with van der Waals surface area (Å²) < 4.78 is 23.8. The Morgan fingerprint density at radius 2 is 2.33 bits per heavy atom. The van der Waals surface area contributed by atoms with E-state index >= 15 is 0 Å². The third-order valence-corrected chi connectivity index (χ3v) is 3.49. The van der Waals surface area contributed by atoms with Crippen LogP contribution in [0.4, 0.5) is 10.1 Å². The number of benzene rings is 1. The van der Waals surface area contributed by atoms with Gasteiger partial charge in [0.15, 0.2) is 12.4 Å². The fourth-order valence-corrected chi connectivity index (χ4v) is 2.40. The molecule has 1 aliphatic rings. The van der Waals surface area contributed by atoms with Gasteiger partial charge in [-0.3, -0.25) is 9.69 Å². The summed E-state index contributed by atoms with van der Waals surface area (Å²) in [6.07, 6.45) is 1.93. The van der Waals surface area contributed by atoms with Gasteiger partial charge >= 0.3 is 0 Å². The van der Waals surface area contributed by atoms with Gasteiger partial charge in [-0.25, -0.2) is 4.39 Å². The van der Waals surface area contributed by atoms with Crippen molar-refractivity contribution in [1.82, 2.24) is 10.1 Å². The second-order valence-corrected chi connectivity index (χ2v) is 5.28. The van der Waals surface area contributed by atoms with Crippen LogP contribution < -0.4 is 9.64 Å². The van der Waals surface area contributed by atoms with Crippen LogP contribution in [0.3, 0.4) is 0 Å². The van der Waals surface area contributed by atoms with Gasteiger partial charge in [0, 0.05) is 6.07 Å². The Morgan fingerprint density at radius 1 is 1.48 bits per heavy atom. The van der Waals surface area contributed by atoms with E-state index in [1.54, 1.807) is 11.8 Å². The molecule has 1 amide bonds. The molecule has 0 N–H and O–H groups in total. The molecule has 110 valence electrons. The summed E-state index contributed by atoms with van der Waals surface area (Å²) >= 11 is 1.57. The number of hydrogen-bond acceptors (Lipinski definition) is 6. The van der Waals surface area contributed by atoms with E-state index in [1.165, 1.54) is 23.1 Å². The number of carbonyl (C=O) groups excluding carboxylic acids is 1. The van der Waals surface area contributed by atoms with E-state index < -0.39 is 5.82 Å². The van der Waals surface area contributed by atoms with E-state index in [0.29, 0.717) is 28.9 Å². The summed E-state index contributed by atoms with van der Waals surface area (Å²) in [5.41, 5.74) is 0.371. The van der Waals surface area contributed by atoms with Crippen LogP contribution in [0, 0.1) is 5.82 Å². The number of hydrogen-bond donors (Lipinski definition) is 0. The number of fused-ring (bicyclic) bond motifs is 1. The Morgan fingerprint density at radius 3 is 3.14 bits per heavy atom. The third-order valence-electron chi connectivity index (χ3n) is 2.94. The summed E-state index contributed by atoms with van der Waals surface area (Å²) in [7, 11) is 0. The van der Waals surface area contributed by atoms with Gasteiger partial charge in [0.05, 0.1) is 11.4 Å². The summed E-state index contributed by atoms with van der Waals surface area (Å²) in [6, 6.07) is 4.04. The number of nitrogens with zero attached hydrogens (tertiary/aromatic N) is 3. The maximum atomic E-state index is 13.4. The zero-order chi connectivity index (χ0) is 14.8. The van der Waals surface area contributed by atoms with Crippen molar-refractivity contribution in [2.75, 3.05) is 17.8 Å². The van der Waals surface area contributed by atoms with Gasteiger partial charge in [-0.15, -0.1) is 0 Å². The highest BCUT2D eigenvalue weighted by atomic mass is 32.2. The van der Waals surface area contributed by atoms with Gasteiger partial charge in [0.1, 0.15) is 18.1 Å². The molecule has 1 aromatic carbocycles. The Labute approximate surface area is 124 Å². The van der Waals surface area contributed by atoms with E-state index in [0.717, 1.165) is 0 Å². The van der Waals surface area contributed by atoms with Gasteiger partial charge in [-0.2, -0.15) is 16.7 Å². The fraction of sp³-hybridized carbons (Fsp3) is 0.308. The topological polar surface area (TPSA) is 68.5 Å². The van der Waals surface area contributed by atoms with Crippen molar-refractivity contribution in [1.29, 1.82) is 0 Å². The molecule has 0 aliphatic carbocycles. The zero-order valence-electron chi connectivity index (χ0n) is 11.2. The van der Waals surface area contributed by atoms with Crippen molar-refractivity contribution in [2.45, 2.75) is 12.3 Å². The van der Waals surface area contributed by atoms with E-state index in [9.17, 15) is 9.18 Å².